The summed E-state index contributed by atoms with van der Waals surface area (Å²) in [6.45, 7) is 2.31. The van der Waals surface area contributed by atoms with Gasteiger partial charge in [-0.1, -0.05) is 11.6 Å². The van der Waals surface area contributed by atoms with E-state index in [1.807, 2.05) is 6.92 Å². The molecule has 0 aliphatic rings. The lowest BCUT2D eigenvalue weighted by Crippen LogP contribution is -2.24. The van der Waals surface area contributed by atoms with Crippen LogP contribution < -0.4 is 15.5 Å². The summed E-state index contributed by atoms with van der Waals surface area (Å²) in [4.78, 5) is 25.5. The number of ether oxygens (including phenoxy) is 1. The number of nitrogens with one attached hydrogen (secondary N) is 1. The number of alkyl halides is 3. The van der Waals surface area contributed by atoms with Gasteiger partial charge in [-0.05, 0) is 43.3 Å². The fourth-order valence-electron chi connectivity index (χ4n) is 2.95. The van der Waals surface area contributed by atoms with E-state index < -0.39 is 28.1 Å². The molecule has 0 aliphatic carbocycles. The molecule has 1 amide bonds. The van der Waals surface area contributed by atoms with Crippen molar-refractivity contribution in [1.29, 1.82) is 0 Å². The standard InChI is InChI=1S/C20H16ClF3N2O3/c1-3-26-10-14(18(27)13-9-12(29-2)5-7-17(13)26)19(28)25-11-4-6-16(21)15(8-11)20(22,23)24/h4-10H,3H2,1-2H3,(H,25,28). The molecule has 1 aromatic heterocycles. The number of hydrogen-bond acceptors (Lipinski definition) is 3. The van der Waals surface area contributed by atoms with Crippen LogP contribution in [0.4, 0.5) is 18.9 Å². The summed E-state index contributed by atoms with van der Waals surface area (Å²) < 4.78 is 45.9. The van der Waals surface area contributed by atoms with Gasteiger partial charge in [-0.25, -0.2) is 0 Å². The second-order valence-corrected chi connectivity index (χ2v) is 6.59. The first-order valence-corrected chi connectivity index (χ1v) is 8.92. The second-order valence-electron chi connectivity index (χ2n) is 6.19. The van der Waals surface area contributed by atoms with Crippen molar-refractivity contribution >= 4 is 34.1 Å². The van der Waals surface area contributed by atoms with Crippen molar-refractivity contribution in [1.82, 2.24) is 4.57 Å². The summed E-state index contributed by atoms with van der Waals surface area (Å²) in [5.74, 6) is -0.375. The van der Waals surface area contributed by atoms with E-state index >= 15 is 0 Å². The van der Waals surface area contributed by atoms with Crippen molar-refractivity contribution in [3.05, 3.63) is 69.0 Å². The number of rotatable bonds is 4. The maximum absolute atomic E-state index is 13.0. The highest BCUT2D eigenvalue weighted by atomic mass is 35.5. The highest BCUT2D eigenvalue weighted by Crippen LogP contribution is 2.36. The van der Waals surface area contributed by atoms with Crippen molar-refractivity contribution < 1.29 is 22.7 Å². The predicted octanol–water partition coefficient (Wildman–Crippen LogP) is 4.95. The van der Waals surface area contributed by atoms with Crippen molar-refractivity contribution in [2.45, 2.75) is 19.6 Å². The number of pyridine rings is 1. The largest absolute Gasteiger partial charge is 0.497 e. The van der Waals surface area contributed by atoms with E-state index in [0.29, 0.717) is 17.8 Å². The number of halogens is 4. The number of aryl methyl sites for hydroxylation is 1. The SMILES string of the molecule is CCn1cc(C(=O)Nc2ccc(Cl)c(C(F)(F)F)c2)c(=O)c2cc(OC)ccc21. The summed E-state index contributed by atoms with van der Waals surface area (Å²) in [6, 6.07) is 7.91. The fourth-order valence-corrected chi connectivity index (χ4v) is 3.17. The molecule has 29 heavy (non-hydrogen) atoms. The maximum Gasteiger partial charge on any atom is 0.417 e. The lowest BCUT2D eigenvalue weighted by Gasteiger charge is -2.14. The van der Waals surface area contributed by atoms with Gasteiger partial charge < -0.3 is 14.6 Å². The van der Waals surface area contributed by atoms with Crippen molar-refractivity contribution in [3.8, 4) is 5.75 Å². The van der Waals surface area contributed by atoms with Crippen LogP contribution in [0.25, 0.3) is 10.9 Å². The van der Waals surface area contributed by atoms with Crippen molar-refractivity contribution in [2.24, 2.45) is 0 Å². The Morgan fingerprint density at radius 2 is 1.93 bits per heavy atom. The molecule has 0 saturated heterocycles. The third-order valence-electron chi connectivity index (χ3n) is 4.40. The zero-order valence-electron chi connectivity index (χ0n) is 15.4. The number of amides is 1. The molecule has 0 unspecified atom stereocenters. The summed E-state index contributed by atoms with van der Waals surface area (Å²) in [6.07, 6.45) is -3.29. The molecule has 9 heteroatoms. The Bertz CT molecular complexity index is 1160. The van der Waals surface area contributed by atoms with Crippen LogP contribution >= 0.6 is 11.6 Å². The molecule has 2 aromatic carbocycles. The Labute approximate surface area is 168 Å². The number of nitrogens with zero attached hydrogens (tertiary/aromatic N) is 1. The summed E-state index contributed by atoms with van der Waals surface area (Å²) in [7, 11) is 1.45. The van der Waals surface area contributed by atoms with Crippen LogP contribution in [0, 0.1) is 0 Å². The van der Waals surface area contributed by atoms with Gasteiger partial charge in [0.15, 0.2) is 0 Å². The van der Waals surface area contributed by atoms with Crippen LogP contribution in [-0.4, -0.2) is 17.6 Å². The van der Waals surface area contributed by atoms with Crippen molar-refractivity contribution in [3.63, 3.8) is 0 Å². The van der Waals surface area contributed by atoms with Gasteiger partial charge in [-0.3, -0.25) is 9.59 Å². The lowest BCUT2D eigenvalue weighted by atomic mass is 10.1. The Kier molecular flexibility index (Phi) is 5.57. The van der Waals surface area contributed by atoms with E-state index in [1.165, 1.54) is 25.4 Å². The van der Waals surface area contributed by atoms with Crippen LogP contribution in [-0.2, 0) is 12.7 Å². The van der Waals surface area contributed by atoms with Crippen molar-refractivity contribution in [2.75, 3.05) is 12.4 Å². The first-order chi connectivity index (χ1) is 13.7. The Morgan fingerprint density at radius 1 is 1.21 bits per heavy atom. The van der Waals surface area contributed by atoms with E-state index in [0.717, 1.165) is 12.1 Å². The van der Waals surface area contributed by atoms with Gasteiger partial charge in [0.2, 0.25) is 5.43 Å². The molecule has 0 bridgehead atoms. The molecule has 0 spiro atoms. The first-order valence-electron chi connectivity index (χ1n) is 8.55. The van der Waals surface area contributed by atoms with Gasteiger partial charge in [0.1, 0.15) is 11.3 Å². The minimum Gasteiger partial charge on any atom is -0.497 e. The Morgan fingerprint density at radius 3 is 2.55 bits per heavy atom. The Balaban J connectivity index is 2.06. The number of carbonyl (C=O) groups excluding carboxylic acids is 1. The van der Waals surface area contributed by atoms with Crippen LogP contribution in [0.1, 0.15) is 22.8 Å². The van der Waals surface area contributed by atoms with E-state index in [1.54, 1.807) is 16.7 Å². The van der Waals surface area contributed by atoms with Gasteiger partial charge in [0.25, 0.3) is 5.91 Å². The number of aromatic nitrogens is 1. The third kappa shape index (κ3) is 4.07. The van der Waals surface area contributed by atoms with Gasteiger partial charge in [0, 0.05) is 18.4 Å². The minimum absolute atomic E-state index is 0.125. The zero-order valence-corrected chi connectivity index (χ0v) is 16.2. The molecular weight excluding hydrogens is 409 g/mol. The molecule has 152 valence electrons. The summed E-state index contributed by atoms with van der Waals surface area (Å²) in [5, 5.41) is 2.13. The average Bonchev–Trinajstić information content (AvgIpc) is 2.68. The van der Waals surface area contributed by atoms with Crippen LogP contribution in [0.5, 0.6) is 5.75 Å². The molecule has 5 nitrogen and oxygen atoms in total. The third-order valence-corrected chi connectivity index (χ3v) is 4.73. The van der Waals surface area contributed by atoms with Gasteiger partial charge in [-0.2, -0.15) is 13.2 Å². The van der Waals surface area contributed by atoms with E-state index in [2.05, 4.69) is 5.32 Å². The highest BCUT2D eigenvalue weighted by molar-refractivity contribution is 6.31. The second kappa shape index (κ2) is 7.79. The number of fused-ring (bicyclic) bond motifs is 1. The lowest BCUT2D eigenvalue weighted by molar-refractivity contribution is -0.137. The topological polar surface area (TPSA) is 60.3 Å². The zero-order chi connectivity index (χ0) is 21.3. The number of methoxy groups -OCH3 is 1. The van der Waals surface area contributed by atoms with E-state index in [9.17, 15) is 22.8 Å². The molecule has 1 heterocycles. The number of hydrogen-bond donors (Lipinski definition) is 1. The average molecular weight is 425 g/mol. The van der Waals surface area contributed by atoms with Gasteiger partial charge in [0.05, 0.1) is 28.6 Å². The number of anilines is 1. The van der Waals surface area contributed by atoms with E-state index in [4.69, 9.17) is 16.3 Å². The molecule has 0 radical (unpaired) electrons. The van der Waals surface area contributed by atoms with Crippen LogP contribution in [0.3, 0.4) is 0 Å². The summed E-state index contributed by atoms with van der Waals surface area (Å²) in [5.41, 5.74) is -1.34. The molecule has 0 aliphatic heterocycles. The first kappa shape index (κ1) is 20.7. The smallest absolute Gasteiger partial charge is 0.417 e. The molecule has 0 fully saturated rings. The fraction of sp³-hybridized carbons (Fsp3) is 0.200. The highest BCUT2D eigenvalue weighted by Gasteiger charge is 2.33. The number of benzene rings is 2. The minimum atomic E-state index is -4.67. The monoisotopic (exact) mass is 424 g/mol. The normalized spacial score (nSPS) is 11.5. The van der Waals surface area contributed by atoms with E-state index in [-0.39, 0.29) is 16.6 Å². The summed E-state index contributed by atoms with van der Waals surface area (Å²) >= 11 is 5.60. The molecular formula is C20H16ClF3N2O3. The molecule has 0 atom stereocenters. The van der Waals surface area contributed by atoms with Crippen LogP contribution in [0.2, 0.25) is 5.02 Å². The van der Waals surface area contributed by atoms with Crippen LogP contribution in [0.15, 0.2) is 47.4 Å². The number of carbonyl (C=O) groups is 1. The molecule has 1 N–H and O–H groups in total. The molecule has 3 rings (SSSR count). The Hall–Kier alpha value is -3.00. The van der Waals surface area contributed by atoms with Gasteiger partial charge in [-0.15, -0.1) is 0 Å². The molecule has 3 aromatic rings. The van der Waals surface area contributed by atoms with Gasteiger partial charge >= 0.3 is 6.18 Å². The molecule has 0 saturated carbocycles. The quantitative estimate of drug-likeness (QED) is 0.644. The predicted molar refractivity (Wildman–Crippen MR) is 105 cm³/mol. The maximum atomic E-state index is 13.0.